The number of carboxylic acids is 1. The Morgan fingerprint density at radius 1 is 0.806 bits per heavy atom. The van der Waals surface area contributed by atoms with Gasteiger partial charge in [-0.05, 0) is 98.5 Å². The van der Waals surface area contributed by atoms with Crippen molar-refractivity contribution in [2.75, 3.05) is 25.6 Å². The SMILES string of the molecule is CC[C@@H](C)[C@@H](NC(=O)N[C@H]1CCCCNC(=O)[C@@H](CCSC)NC(=O)[C@@H](CCc2ccc(O)cc2)N(C)C(=O)[C@H](CCc2ccccc2)NC(=O)[C@H]([C@@H](C)CC)NC1=O)C(=O)O. The van der Waals surface area contributed by atoms with Gasteiger partial charge >= 0.3 is 12.0 Å². The number of likely N-dealkylation sites (N-methyl/N-ethyl adjacent to an activating group) is 1. The number of nitrogens with zero attached hydrogens (tertiary/aromatic N) is 1. The van der Waals surface area contributed by atoms with Gasteiger partial charge in [-0.25, -0.2) is 9.59 Å². The van der Waals surface area contributed by atoms with Crippen LogP contribution < -0.4 is 31.9 Å². The zero-order valence-corrected chi connectivity index (χ0v) is 37.7. The number of rotatable bonds is 16. The van der Waals surface area contributed by atoms with Gasteiger partial charge in [0.25, 0.3) is 0 Å². The summed E-state index contributed by atoms with van der Waals surface area (Å²) < 4.78 is 0. The van der Waals surface area contributed by atoms with Crippen molar-refractivity contribution in [3.63, 3.8) is 0 Å². The normalized spacial score (nSPS) is 22.6. The van der Waals surface area contributed by atoms with Crippen molar-refractivity contribution in [1.29, 1.82) is 0 Å². The molecule has 0 spiro atoms. The fourth-order valence-corrected chi connectivity index (χ4v) is 7.64. The first-order valence-corrected chi connectivity index (χ1v) is 23.0. The number of carboxylic acid groups (broad SMARTS) is 1. The van der Waals surface area contributed by atoms with Crippen LogP contribution in [0.4, 0.5) is 4.79 Å². The topological polar surface area (TPSA) is 235 Å². The van der Waals surface area contributed by atoms with Crippen molar-refractivity contribution >= 4 is 53.3 Å². The third kappa shape index (κ3) is 16.2. The van der Waals surface area contributed by atoms with Crippen molar-refractivity contribution in [1.82, 2.24) is 36.8 Å². The molecule has 3 rings (SSSR count). The van der Waals surface area contributed by atoms with Crippen LogP contribution in [0, 0.1) is 11.8 Å². The van der Waals surface area contributed by atoms with Crippen molar-refractivity contribution in [2.24, 2.45) is 11.8 Å². The summed E-state index contributed by atoms with van der Waals surface area (Å²) in [5.41, 5.74) is 1.72. The molecular formula is C45H67N7O9S. The molecule has 0 unspecified atom stereocenters. The van der Waals surface area contributed by atoms with Crippen LogP contribution in [0.1, 0.15) is 90.2 Å². The van der Waals surface area contributed by atoms with Gasteiger partial charge in [-0.2, -0.15) is 11.8 Å². The fourth-order valence-electron chi connectivity index (χ4n) is 7.17. The van der Waals surface area contributed by atoms with Gasteiger partial charge in [-0.1, -0.05) is 83.0 Å². The number of nitrogens with one attached hydrogen (secondary N) is 6. The van der Waals surface area contributed by atoms with Crippen LogP contribution in [-0.2, 0) is 41.6 Å². The van der Waals surface area contributed by atoms with Gasteiger partial charge in [0, 0.05) is 13.6 Å². The maximum absolute atomic E-state index is 14.7. The Bertz CT molecular complexity index is 1780. The smallest absolute Gasteiger partial charge is 0.326 e. The average molecular weight is 882 g/mol. The van der Waals surface area contributed by atoms with Gasteiger partial charge < -0.3 is 47.0 Å². The van der Waals surface area contributed by atoms with Crippen LogP contribution in [0.3, 0.4) is 0 Å². The summed E-state index contributed by atoms with van der Waals surface area (Å²) >= 11 is 1.51. The molecule has 0 saturated carbocycles. The van der Waals surface area contributed by atoms with Crippen LogP contribution in [0.2, 0.25) is 0 Å². The van der Waals surface area contributed by atoms with Gasteiger partial charge in [-0.3, -0.25) is 24.0 Å². The number of benzene rings is 2. The molecular weight excluding hydrogens is 815 g/mol. The minimum atomic E-state index is -1.22. The van der Waals surface area contributed by atoms with E-state index in [1.54, 1.807) is 32.9 Å². The lowest BCUT2D eigenvalue weighted by Crippen LogP contribution is -2.61. The lowest BCUT2D eigenvalue weighted by molar-refractivity contribution is -0.143. The summed E-state index contributed by atoms with van der Waals surface area (Å²) in [5.74, 6) is -4.23. The molecule has 0 radical (unpaired) electrons. The number of amides is 7. The molecule has 1 aliphatic rings. The molecule has 17 heteroatoms. The molecule has 7 amide bonds. The third-order valence-electron chi connectivity index (χ3n) is 11.6. The quantitative estimate of drug-likeness (QED) is 0.122. The average Bonchev–Trinajstić information content (AvgIpc) is 3.26. The molecule has 8 atom stereocenters. The number of carbonyl (C=O) groups excluding carboxylic acids is 6. The number of phenols is 1. The van der Waals surface area contributed by atoms with E-state index in [0.717, 1.165) is 11.1 Å². The molecule has 16 nitrogen and oxygen atoms in total. The standard InChI is InChI=1S/C45H67N7O9S/c1-7-28(3)37-42(57)48-35(23-19-30-14-10-9-11-15-30)43(58)52(5)36(24-20-31-17-21-32(53)22-18-31)41(56)47-34(25-27-62-6)39(54)46-26-13-12-16-33(40(55)50-37)49-45(61)51-38(44(59)60)29(4)8-2/h9-11,14-15,17-18,21-22,28-29,33-38,53H,7-8,12-13,16,19-20,23-27H2,1-6H3,(H,46,54)(H,47,56)(H,48,57)(H,50,55)(H,59,60)(H2,49,51,61)/t28-,29+,33-,34+,35-,36+,37-,38+/m0/s1. The minimum absolute atomic E-state index is 0.0838. The van der Waals surface area contributed by atoms with Crippen molar-refractivity contribution in [3.05, 3.63) is 65.7 Å². The second-order valence-corrected chi connectivity index (χ2v) is 17.1. The molecule has 2 aromatic rings. The Labute approximate surface area is 369 Å². The molecule has 2 aromatic carbocycles. The van der Waals surface area contributed by atoms with E-state index in [0.29, 0.717) is 50.7 Å². The highest BCUT2D eigenvalue weighted by atomic mass is 32.2. The lowest BCUT2D eigenvalue weighted by atomic mass is 9.96. The highest BCUT2D eigenvalue weighted by Crippen LogP contribution is 2.18. The van der Waals surface area contributed by atoms with E-state index < -0.39 is 89.6 Å². The molecule has 1 heterocycles. The van der Waals surface area contributed by atoms with Crippen LogP contribution >= 0.6 is 11.8 Å². The zero-order valence-electron chi connectivity index (χ0n) is 36.9. The first kappa shape index (κ1) is 51.0. The van der Waals surface area contributed by atoms with E-state index in [-0.39, 0.29) is 31.6 Å². The van der Waals surface area contributed by atoms with Gasteiger partial charge in [0.05, 0.1) is 0 Å². The van der Waals surface area contributed by atoms with Crippen molar-refractivity contribution in [2.45, 2.75) is 128 Å². The van der Waals surface area contributed by atoms with Gasteiger partial charge in [0.1, 0.15) is 42.0 Å². The molecule has 8 N–H and O–H groups in total. The van der Waals surface area contributed by atoms with Crippen LogP contribution in [0.15, 0.2) is 54.6 Å². The molecule has 1 aliphatic heterocycles. The second-order valence-electron chi connectivity index (χ2n) is 16.1. The van der Waals surface area contributed by atoms with Crippen LogP contribution in [0.25, 0.3) is 0 Å². The number of carbonyl (C=O) groups is 7. The summed E-state index contributed by atoms with van der Waals surface area (Å²) in [6.45, 7) is 7.31. The predicted molar refractivity (Wildman–Crippen MR) is 239 cm³/mol. The highest BCUT2D eigenvalue weighted by molar-refractivity contribution is 7.98. The first-order valence-electron chi connectivity index (χ1n) is 21.7. The van der Waals surface area contributed by atoms with Gasteiger partial charge in [0.15, 0.2) is 0 Å². The second kappa shape index (κ2) is 26.2. The largest absolute Gasteiger partial charge is 0.508 e. The predicted octanol–water partition coefficient (Wildman–Crippen LogP) is 3.51. The Morgan fingerprint density at radius 2 is 1.45 bits per heavy atom. The summed E-state index contributed by atoms with van der Waals surface area (Å²) in [4.78, 5) is 97.7. The number of aromatic hydroxyl groups is 1. The fraction of sp³-hybridized carbons (Fsp3) is 0.578. The Balaban J connectivity index is 2.07. The summed E-state index contributed by atoms with van der Waals surface area (Å²) in [6, 6.07) is 8.39. The summed E-state index contributed by atoms with van der Waals surface area (Å²) in [6.07, 6.45) is 5.00. The number of thioether (sulfide) groups is 1. The van der Waals surface area contributed by atoms with Crippen molar-refractivity contribution < 1.29 is 43.8 Å². The minimum Gasteiger partial charge on any atom is -0.508 e. The van der Waals surface area contributed by atoms with Crippen molar-refractivity contribution in [3.8, 4) is 5.75 Å². The maximum Gasteiger partial charge on any atom is 0.326 e. The third-order valence-corrected chi connectivity index (χ3v) is 12.2. The number of urea groups is 1. The number of phenolic OH excluding ortho intramolecular Hbond substituents is 1. The maximum atomic E-state index is 14.7. The number of aliphatic carboxylic acids is 1. The molecule has 0 bridgehead atoms. The van der Waals surface area contributed by atoms with Gasteiger partial charge in [-0.15, -0.1) is 0 Å². The lowest BCUT2D eigenvalue weighted by Gasteiger charge is -2.33. The molecule has 342 valence electrons. The van der Waals surface area contributed by atoms with E-state index in [2.05, 4.69) is 31.9 Å². The Kier molecular flexibility index (Phi) is 21.6. The summed E-state index contributed by atoms with van der Waals surface area (Å²) in [5, 5.41) is 36.3. The Hall–Kier alpha value is -5.32. The first-order chi connectivity index (χ1) is 29.6. The monoisotopic (exact) mass is 881 g/mol. The van der Waals surface area contributed by atoms with Gasteiger partial charge in [0.2, 0.25) is 29.5 Å². The molecule has 0 aliphatic carbocycles. The number of hydrogen-bond acceptors (Lipinski definition) is 9. The summed E-state index contributed by atoms with van der Waals surface area (Å²) in [7, 11) is 1.50. The molecule has 1 saturated heterocycles. The van der Waals surface area contributed by atoms with E-state index in [1.165, 1.54) is 35.8 Å². The molecule has 62 heavy (non-hydrogen) atoms. The van der Waals surface area contributed by atoms with Crippen LogP contribution in [0.5, 0.6) is 5.75 Å². The number of aryl methyl sites for hydroxylation is 2. The van der Waals surface area contributed by atoms with E-state index in [4.69, 9.17) is 0 Å². The Morgan fingerprint density at radius 3 is 2.08 bits per heavy atom. The number of hydrogen-bond donors (Lipinski definition) is 8. The molecule has 0 aromatic heterocycles. The van der Waals surface area contributed by atoms with E-state index in [9.17, 15) is 43.8 Å². The van der Waals surface area contributed by atoms with Crippen LogP contribution in [-0.4, -0.2) is 119 Å². The zero-order chi connectivity index (χ0) is 45.8. The van der Waals surface area contributed by atoms with E-state index in [1.807, 2.05) is 43.5 Å². The van der Waals surface area contributed by atoms with E-state index >= 15 is 0 Å². The highest BCUT2D eigenvalue weighted by Gasteiger charge is 2.37. The molecule has 1 fully saturated rings.